The summed E-state index contributed by atoms with van der Waals surface area (Å²) in [5.74, 6) is 0.561. The van der Waals surface area contributed by atoms with E-state index in [2.05, 4.69) is 10.1 Å². The van der Waals surface area contributed by atoms with Gasteiger partial charge in [-0.2, -0.15) is 5.10 Å². The number of rotatable bonds is 4. The standard InChI is InChI=1S/C16H20N4O2/c1-3-22-15-7-6-12(9-17-15)16(21)20-8-4-5-14(20)13-10-18-19(2)11-13/h6-7,9-11,14H,3-5,8H2,1-2H3/t14-/m1/s1. The van der Waals surface area contributed by atoms with E-state index in [-0.39, 0.29) is 11.9 Å². The van der Waals surface area contributed by atoms with Gasteiger partial charge in [0.2, 0.25) is 5.88 Å². The van der Waals surface area contributed by atoms with Crippen LogP contribution < -0.4 is 4.74 Å². The fourth-order valence-corrected chi connectivity index (χ4v) is 2.87. The normalized spacial score (nSPS) is 17.7. The molecule has 1 saturated heterocycles. The summed E-state index contributed by atoms with van der Waals surface area (Å²) in [6, 6.07) is 3.62. The topological polar surface area (TPSA) is 60.2 Å². The number of hydrogen-bond acceptors (Lipinski definition) is 4. The number of amides is 1. The summed E-state index contributed by atoms with van der Waals surface area (Å²) in [5, 5.41) is 4.21. The van der Waals surface area contributed by atoms with E-state index in [0.29, 0.717) is 18.1 Å². The van der Waals surface area contributed by atoms with Gasteiger partial charge in [0.05, 0.1) is 24.4 Å². The van der Waals surface area contributed by atoms with Gasteiger partial charge >= 0.3 is 0 Å². The molecule has 1 atom stereocenters. The Bertz CT molecular complexity index is 650. The summed E-state index contributed by atoms with van der Waals surface area (Å²) < 4.78 is 7.08. The molecule has 3 rings (SSSR count). The van der Waals surface area contributed by atoms with Crippen molar-refractivity contribution in [3.05, 3.63) is 41.9 Å². The minimum absolute atomic E-state index is 0.0156. The smallest absolute Gasteiger partial charge is 0.255 e. The molecule has 0 bridgehead atoms. The van der Waals surface area contributed by atoms with Crippen LogP contribution in [0.2, 0.25) is 0 Å². The van der Waals surface area contributed by atoms with Crippen molar-refractivity contribution in [2.45, 2.75) is 25.8 Å². The van der Waals surface area contributed by atoms with Gasteiger partial charge in [0, 0.05) is 37.6 Å². The maximum Gasteiger partial charge on any atom is 0.255 e. The van der Waals surface area contributed by atoms with Gasteiger partial charge in [-0.1, -0.05) is 0 Å². The molecule has 6 nitrogen and oxygen atoms in total. The molecule has 0 unspecified atom stereocenters. The molecule has 0 spiro atoms. The minimum Gasteiger partial charge on any atom is -0.478 e. The predicted molar refractivity (Wildman–Crippen MR) is 81.6 cm³/mol. The van der Waals surface area contributed by atoms with E-state index in [9.17, 15) is 4.79 Å². The first-order chi connectivity index (χ1) is 10.7. The molecule has 6 heteroatoms. The van der Waals surface area contributed by atoms with Crippen molar-refractivity contribution in [1.82, 2.24) is 19.7 Å². The van der Waals surface area contributed by atoms with Gasteiger partial charge in [-0.05, 0) is 25.8 Å². The number of likely N-dealkylation sites (tertiary alicyclic amines) is 1. The maximum atomic E-state index is 12.7. The van der Waals surface area contributed by atoms with E-state index >= 15 is 0 Å². The number of nitrogens with zero attached hydrogens (tertiary/aromatic N) is 4. The van der Waals surface area contributed by atoms with Crippen LogP contribution in [0, 0.1) is 0 Å². The molecule has 116 valence electrons. The zero-order valence-electron chi connectivity index (χ0n) is 12.9. The van der Waals surface area contributed by atoms with Gasteiger partial charge in [-0.15, -0.1) is 0 Å². The van der Waals surface area contributed by atoms with E-state index < -0.39 is 0 Å². The van der Waals surface area contributed by atoms with Crippen LogP contribution in [0.25, 0.3) is 0 Å². The van der Waals surface area contributed by atoms with Crippen LogP contribution in [0.3, 0.4) is 0 Å². The third-order valence-corrected chi connectivity index (χ3v) is 3.90. The number of carbonyl (C=O) groups is 1. The molecular formula is C16H20N4O2. The number of ether oxygens (including phenoxy) is 1. The van der Waals surface area contributed by atoms with E-state index in [0.717, 1.165) is 24.9 Å². The second-order valence-corrected chi connectivity index (χ2v) is 5.42. The largest absolute Gasteiger partial charge is 0.478 e. The van der Waals surface area contributed by atoms with Crippen LogP contribution >= 0.6 is 0 Å². The number of carbonyl (C=O) groups excluding carboxylic acids is 1. The molecule has 0 radical (unpaired) electrons. The Morgan fingerprint density at radius 1 is 1.41 bits per heavy atom. The Morgan fingerprint density at radius 3 is 2.91 bits per heavy atom. The molecule has 0 saturated carbocycles. The van der Waals surface area contributed by atoms with Crippen molar-refractivity contribution in [1.29, 1.82) is 0 Å². The van der Waals surface area contributed by atoms with E-state index in [4.69, 9.17) is 4.74 Å². The van der Waals surface area contributed by atoms with Crippen LogP contribution in [0.4, 0.5) is 0 Å². The van der Waals surface area contributed by atoms with Crippen LogP contribution in [-0.4, -0.2) is 38.7 Å². The lowest BCUT2D eigenvalue weighted by atomic mass is 10.1. The molecule has 1 aliphatic rings. The Hall–Kier alpha value is -2.37. The molecular weight excluding hydrogens is 280 g/mol. The van der Waals surface area contributed by atoms with Gasteiger partial charge < -0.3 is 9.64 Å². The molecule has 1 amide bonds. The van der Waals surface area contributed by atoms with Gasteiger partial charge in [0.25, 0.3) is 5.91 Å². The van der Waals surface area contributed by atoms with Crippen molar-refractivity contribution < 1.29 is 9.53 Å². The molecule has 2 aromatic rings. The van der Waals surface area contributed by atoms with Crippen molar-refractivity contribution in [3.8, 4) is 5.88 Å². The average Bonchev–Trinajstić information content (AvgIpc) is 3.16. The second-order valence-electron chi connectivity index (χ2n) is 5.42. The number of aromatic nitrogens is 3. The first-order valence-electron chi connectivity index (χ1n) is 7.57. The summed E-state index contributed by atoms with van der Waals surface area (Å²) in [5.41, 5.74) is 1.69. The monoisotopic (exact) mass is 300 g/mol. The number of pyridine rings is 1. The van der Waals surface area contributed by atoms with E-state index in [1.807, 2.05) is 31.3 Å². The summed E-state index contributed by atoms with van der Waals surface area (Å²) in [7, 11) is 1.89. The van der Waals surface area contributed by atoms with Crippen LogP contribution in [0.5, 0.6) is 5.88 Å². The average molecular weight is 300 g/mol. The van der Waals surface area contributed by atoms with Crippen molar-refractivity contribution in [2.75, 3.05) is 13.2 Å². The lowest BCUT2D eigenvalue weighted by molar-refractivity contribution is 0.0735. The first-order valence-corrected chi connectivity index (χ1v) is 7.57. The third kappa shape index (κ3) is 2.81. The van der Waals surface area contributed by atoms with Gasteiger partial charge in [-0.25, -0.2) is 4.98 Å². The minimum atomic E-state index is 0.0156. The number of aryl methyl sites for hydroxylation is 1. The Balaban J connectivity index is 1.78. The highest BCUT2D eigenvalue weighted by Crippen LogP contribution is 2.32. The van der Waals surface area contributed by atoms with E-state index in [1.54, 1.807) is 23.0 Å². The van der Waals surface area contributed by atoms with E-state index in [1.165, 1.54) is 0 Å². The second kappa shape index (κ2) is 6.17. The lowest BCUT2D eigenvalue weighted by Gasteiger charge is -2.23. The fraction of sp³-hybridized carbons (Fsp3) is 0.438. The fourth-order valence-electron chi connectivity index (χ4n) is 2.87. The molecule has 2 aromatic heterocycles. The van der Waals surface area contributed by atoms with Crippen LogP contribution in [0.15, 0.2) is 30.7 Å². The summed E-state index contributed by atoms with van der Waals surface area (Å²) in [6.45, 7) is 3.24. The van der Waals surface area contributed by atoms with Gasteiger partial charge in [0.1, 0.15) is 0 Å². The molecule has 0 aromatic carbocycles. The summed E-state index contributed by atoms with van der Waals surface area (Å²) in [4.78, 5) is 18.8. The van der Waals surface area contributed by atoms with Gasteiger partial charge in [0.15, 0.2) is 0 Å². The highest BCUT2D eigenvalue weighted by Gasteiger charge is 2.31. The molecule has 3 heterocycles. The highest BCUT2D eigenvalue weighted by molar-refractivity contribution is 5.94. The quantitative estimate of drug-likeness (QED) is 0.868. The molecule has 22 heavy (non-hydrogen) atoms. The van der Waals surface area contributed by atoms with Crippen LogP contribution in [-0.2, 0) is 7.05 Å². The zero-order valence-corrected chi connectivity index (χ0v) is 12.9. The molecule has 1 fully saturated rings. The predicted octanol–water partition coefficient (Wildman–Crippen LogP) is 2.19. The van der Waals surface area contributed by atoms with Crippen molar-refractivity contribution in [3.63, 3.8) is 0 Å². The maximum absolute atomic E-state index is 12.7. The number of hydrogen-bond donors (Lipinski definition) is 0. The Labute approximate surface area is 129 Å². The van der Waals surface area contributed by atoms with Gasteiger partial charge in [-0.3, -0.25) is 9.48 Å². The molecule has 1 aliphatic heterocycles. The van der Waals surface area contributed by atoms with Crippen molar-refractivity contribution >= 4 is 5.91 Å². The third-order valence-electron chi connectivity index (χ3n) is 3.90. The Kier molecular flexibility index (Phi) is 4.09. The lowest BCUT2D eigenvalue weighted by Crippen LogP contribution is -2.30. The molecule has 0 aliphatic carbocycles. The summed E-state index contributed by atoms with van der Waals surface area (Å²) in [6.07, 6.45) is 7.39. The highest BCUT2D eigenvalue weighted by atomic mass is 16.5. The van der Waals surface area contributed by atoms with Crippen LogP contribution in [0.1, 0.15) is 41.7 Å². The molecule has 0 N–H and O–H groups in total. The Morgan fingerprint density at radius 2 is 2.27 bits per heavy atom. The first kappa shape index (κ1) is 14.6. The SMILES string of the molecule is CCOc1ccc(C(=O)N2CCC[C@@H]2c2cnn(C)c2)cn1. The summed E-state index contributed by atoms with van der Waals surface area (Å²) >= 11 is 0. The zero-order chi connectivity index (χ0) is 15.5. The van der Waals surface area contributed by atoms with Crippen molar-refractivity contribution in [2.24, 2.45) is 7.05 Å².